The molecule has 0 aliphatic heterocycles. The highest BCUT2D eigenvalue weighted by molar-refractivity contribution is 5.30. The van der Waals surface area contributed by atoms with E-state index in [1.165, 1.54) is 12.1 Å². The lowest BCUT2D eigenvalue weighted by Crippen LogP contribution is -2.34. The van der Waals surface area contributed by atoms with Crippen LogP contribution in [0.5, 0.6) is 0 Å². The molecule has 1 N–H and O–H groups in total. The third kappa shape index (κ3) is 3.26. The second-order valence-corrected chi connectivity index (χ2v) is 5.24. The van der Waals surface area contributed by atoms with Gasteiger partial charge in [0.2, 0.25) is 0 Å². The highest BCUT2D eigenvalue weighted by Gasteiger charge is 2.48. The molecule has 0 spiro atoms. The van der Waals surface area contributed by atoms with Crippen LogP contribution < -0.4 is 0 Å². The lowest BCUT2D eigenvalue weighted by atomic mass is 9.82. The van der Waals surface area contributed by atoms with E-state index in [0.717, 1.165) is 12.0 Å². The Hall–Kier alpha value is -1.10. The van der Waals surface area contributed by atoms with Crippen LogP contribution in [0.25, 0.3) is 0 Å². The molecule has 0 aliphatic carbocycles. The van der Waals surface area contributed by atoms with Crippen LogP contribution in [0.1, 0.15) is 44.4 Å². The van der Waals surface area contributed by atoms with E-state index < -0.39 is 18.5 Å². The van der Waals surface area contributed by atoms with Crippen LogP contribution >= 0.6 is 0 Å². The molecule has 108 valence electrons. The number of hydrogen-bond acceptors (Lipinski definition) is 1. The molecule has 1 aromatic carbocycles. The van der Waals surface area contributed by atoms with Gasteiger partial charge in [0.1, 0.15) is 6.10 Å². The Morgan fingerprint density at radius 2 is 1.58 bits per heavy atom. The second kappa shape index (κ2) is 5.49. The Labute approximate surface area is 110 Å². The van der Waals surface area contributed by atoms with E-state index in [1.807, 2.05) is 20.8 Å². The first-order valence-corrected chi connectivity index (χ1v) is 6.07. The van der Waals surface area contributed by atoms with Gasteiger partial charge in [-0.05, 0) is 23.0 Å². The zero-order valence-electron chi connectivity index (χ0n) is 11.1. The Bertz CT molecular complexity index is 412. The summed E-state index contributed by atoms with van der Waals surface area (Å²) >= 11 is 0. The molecule has 0 bridgehead atoms. The summed E-state index contributed by atoms with van der Waals surface area (Å²) < 4.78 is 50.4. The van der Waals surface area contributed by atoms with Crippen molar-refractivity contribution in [2.24, 2.45) is 0 Å². The Morgan fingerprint density at radius 3 is 1.95 bits per heavy atom. The van der Waals surface area contributed by atoms with Gasteiger partial charge in [0.05, 0.1) is 0 Å². The molecule has 1 rings (SSSR count). The third-order valence-corrected chi connectivity index (χ3v) is 3.55. The number of aliphatic hydroxyl groups is 1. The van der Waals surface area contributed by atoms with E-state index in [2.05, 4.69) is 0 Å². The minimum Gasteiger partial charge on any atom is -0.382 e. The molecule has 5 heteroatoms. The zero-order valence-corrected chi connectivity index (χ0v) is 11.1. The van der Waals surface area contributed by atoms with Crippen LogP contribution in [0, 0.1) is 0 Å². The van der Waals surface area contributed by atoms with E-state index in [9.17, 15) is 22.7 Å². The van der Waals surface area contributed by atoms with E-state index in [-0.39, 0.29) is 11.0 Å². The Morgan fingerprint density at radius 1 is 1.11 bits per heavy atom. The summed E-state index contributed by atoms with van der Waals surface area (Å²) in [7, 11) is 0. The lowest BCUT2D eigenvalue weighted by Gasteiger charge is -2.25. The van der Waals surface area contributed by atoms with Crippen molar-refractivity contribution < 1.29 is 22.7 Å². The number of aliphatic hydroxyl groups excluding tert-OH is 1. The highest BCUT2D eigenvalue weighted by Crippen LogP contribution is 2.37. The quantitative estimate of drug-likeness (QED) is 0.796. The van der Waals surface area contributed by atoms with E-state index in [0.29, 0.717) is 0 Å². The Balaban J connectivity index is 3.00. The van der Waals surface area contributed by atoms with Crippen molar-refractivity contribution in [3.05, 3.63) is 35.4 Å². The zero-order chi connectivity index (χ0) is 14.8. The molecule has 0 saturated heterocycles. The molecule has 19 heavy (non-hydrogen) atoms. The molecule has 0 radical (unpaired) electrons. The topological polar surface area (TPSA) is 20.2 Å². The average molecular weight is 278 g/mol. The van der Waals surface area contributed by atoms with E-state index >= 15 is 0 Å². The maximum Gasteiger partial charge on any atom is 0.336 e. The molecule has 0 heterocycles. The summed E-state index contributed by atoms with van der Waals surface area (Å²) in [6.45, 7) is 5.98. The molecule has 0 amide bonds. The first-order chi connectivity index (χ1) is 8.63. The number of halogens is 4. The number of benzene rings is 1. The maximum atomic E-state index is 13.0. The van der Waals surface area contributed by atoms with E-state index in [4.69, 9.17) is 0 Å². The van der Waals surface area contributed by atoms with Gasteiger partial charge in [-0.3, -0.25) is 0 Å². The first kappa shape index (κ1) is 16.0. The molecule has 0 saturated carbocycles. The van der Waals surface area contributed by atoms with Gasteiger partial charge in [-0.25, -0.2) is 8.78 Å². The van der Waals surface area contributed by atoms with Gasteiger partial charge in [0, 0.05) is 0 Å². The van der Waals surface area contributed by atoms with Gasteiger partial charge in [-0.15, -0.1) is 0 Å². The summed E-state index contributed by atoms with van der Waals surface area (Å²) in [5.74, 6) is -4.44. The van der Waals surface area contributed by atoms with Gasteiger partial charge in [0.15, 0.2) is 0 Å². The first-order valence-electron chi connectivity index (χ1n) is 6.07. The van der Waals surface area contributed by atoms with Crippen LogP contribution in [0.3, 0.4) is 0 Å². The maximum absolute atomic E-state index is 13.0. The number of rotatable bonds is 5. The van der Waals surface area contributed by atoms with Crippen LogP contribution in [0.15, 0.2) is 24.3 Å². The van der Waals surface area contributed by atoms with Gasteiger partial charge in [-0.2, -0.15) is 8.78 Å². The van der Waals surface area contributed by atoms with Crippen LogP contribution in [0.4, 0.5) is 17.6 Å². The predicted octanol–water partition coefficient (Wildman–Crippen LogP) is 4.31. The summed E-state index contributed by atoms with van der Waals surface area (Å²) in [6, 6.07) is 5.72. The van der Waals surface area contributed by atoms with Gasteiger partial charge >= 0.3 is 12.3 Å². The number of hydrogen-bond donors (Lipinski definition) is 1. The monoisotopic (exact) mass is 278 g/mol. The molecule has 1 aromatic rings. The average Bonchev–Trinajstić information content (AvgIpc) is 2.37. The standard InChI is InChI=1S/C14H18F4O/c1-4-13(2,3)10-7-5-9(6-8-10)11(19)14(17,18)12(15)16/h5-8,11-12,19H,4H2,1-3H3. The fourth-order valence-electron chi connectivity index (χ4n) is 1.66. The van der Waals surface area contributed by atoms with Gasteiger partial charge in [-0.1, -0.05) is 45.0 Å². The lowest BCUT2D eigenvalue weighted by molar-refractivity contribution is -0.193. The molecular formula is C14H18F4O. The SMILES string of the molecule is CCC(C)(C)c1ccc(C(O)C(F)(F)C(F)F)cc1. The molecule has 0 fully saturated rings. The fraction of sp³-hybridized carbons (Fsp3) is 0.571. The minimum atomic E-state index is -4.44. The van der Waals surface area contributed by atoms with E-state index in [1.54, 1.807) is 12.1 Å². The fourth-order valence-corrected chi connectivity index (χ4v) is 1.66. The van der Waals surface area contributed by atoms with Crippen molar-refractivity contribution in [1.29, 1.82) is 0 Å². The van der Waals surface area contributed by atoms with Gasteiger partial charge in [0.25, 0.3) is 0 Å². The molecule has 1 atom stereocenters. The Kier molecular flexibility index (Phi) is 4.61. The van der Waals surface area contributed by atoms with Crippen molar-refractivity contribution in [2.45, 2.75) is 51.1 Å². The van der Waals surface area contributed by atoms with Crippen molar-refractivity contribution in [3.63, 3.8) is 0 Å². The van der Waals surface area contributed by atoms with Crippen molar-refractivity contribution in [3.8, 4) is 0 Å². The van der Waals surface area contributed by atoms with Gasteiger partial charge < -0.3 is 5.11 Å². The predicted molar refractivity (Wildman–Crippen MR) is 65.7 cm³/mol. The van der Waals surface area contributed by atoms with Crippen molar-refractivity contribution in [2.75, 3.05) is 0 Å². The smallest absolute Gasteiger partial charge is 0.336 e. The summed E-state index contributed by atoms with van der Waals surface area (Å²) in [5.41, 5.74) is 0.571. The molecule has 0 aliphatic rings. The van der Waals surface area contributed by atoms with Crippen molar-refractivity contribution in [1.82, 2.24) is 0 Å². The molecule has 0 aromatic heterocycles. The third-order valence-electron chi connectivity index (χ3n) is 3.55. The summed E-state index contributed by atoms with van der Waals surface area (Å²) in [5, 5.41) is 9.34. The minimum absolute atomic E-state index is 0.130. The second-order valence-electron chi connectivity index (χ2n) is 5.24. The van der Waals surface area contributed by atoms with Crippen LogP contribution in [-0.2, 0) is 5.41 Å². The molecule has 1 unspecified atom stereocenters. The molecule has 1 nitrogen and oxygen atoms in total. The summed E-state index contributed by atoms with van der Waals surface area (Å²) in [4.78, 5) is 0. The largest absolute Gasteiger partial charge is 0.382 e. The summed E-state index contributed by atoms with van der Waals surface area (Å²) in [6.07, 6.45) is -5.54. The van der Waals surface area contributed by atoms with Crippen LogP contribution in [0.2, 0.25) is 0 Å². The molecular weight excluding hydrogens is 260 g/mol. The highest BCUT2D eigenvalue weighted by atomic mass is 19.3. The van der Waals surface area contributed by atoms with Crippen LogP contribution in [-0.4, -0.2) is 17.5 Å². The number of alkyl halides is 4. The van der Waals surface area contributed by atoms with Crippen molar-refractivity contribution >= 4 is 0 Å². The normalized spacial score (nSPS) is 14.8.